The normalized spacial score (nSPS) is 15.8. The molecule has 6 nitrogen and oxygen atoms in total. The van der Waals surface area contributed by atoms with Gasteiger partial charge in [-0.3, -0.25) is 14.5 Å². The molecule has 128 valence electrons. The molecule has 0 bridgehead atoms. The van der Waals surface area contributed by atoms with Crippen LogP contribution in [0.3, 0.4) is 0 Å². The Morgan fingerprint density at radius 1 is 1.44 bits per heavy atom. The average molecular weight is 391 g/mol. The summed E-state index contributed by atoms with van der Waals surface area (Å²) in [6.45, 7) is 0.208. The first-order chi connectivity index (χ1) is 12.0. The summed E-state index contributed by atoms with van der Waals surface area (Å²) in [4.78, 5) is 30.3. The Labute approximate surface area is 157 Å². The first-order valence-electron chi connectivity index (χ1n) is 7.26. The third-order valence-corrected chi connectivity index (χ3v) is 5.35. The quantitative estimate of drug-likeness (QED) is 0.602. The summed E-state index contributed by atoms with van der Waals surface area (Å²) in [6.07, 6.45) is 3.41. The number of hydrogen-bond donors (Lipinski definition) is 2. The van der Waals surface area contributed by atoms with Gasteiger partial charge in [-0.05, 0) is 23.8 Å². The second-order valence-corrected chi connectivity index (χ2v) is 7.63. The Hall–Kier alpha value is -2.23. The maximum absolute atomic E-state index is 12.5. The number of phenolic OH excluding ortho intramolecular Hbond substituents is 1. The predicted molar refractivity (Wildman–Crippen MR) is 103 cm³/mol. The molecular weight excluding hydrogens is 378 g/mol. The van der Waals surface area contributed by atoms with Gasteiger partial charge in [0.2, 0.25) is 5.91 Å². The summed E-state index contributed by atoms with van der Waals surface area (Å²) in [6, 6.07) is 6.61. The fourth-order valence-electron chi connectivity index (χ4n) is 2.14. The molecular formula is C16H13N3O3S3. The molecule has 1 aromatic heterocycles. The first-order valence-corrected chi connectivity index (χ1v) is 9.37. The van der Waals surface area contributed by atoms with E-state index < -0.39 is 0 Å². The molecule has 2 amide bonds. The number of amides is 2. The smallest absolute Gasteiger partial charge is 0.266 e. The zero-order valence-electron chi connectivity index (χ0n) is 12.8. The Bertz CT molecular complexity index is 849. The van der Waals surface area contributed by atoms with Crippen LogP contribution in [0, 0.1) is 0 Å². The first kappa shape index (κ1) is 17.6. The maximum atomic E-state index is 12.5. The molecule has 0 radical (unpaired) electrons. The van der Waals surface area contributed by atoms with Crippen molar-refractivity contribution in [3.63, 3.8) is 0 Å². The summed E-state index contributed by atoms with van der Waals surface area (Å²) < 4.78 is 0.415. The average Bonchev–Trinajstić information content (AvgIpc) is 3.15. The molecule has 25 heavy (non-hydrogen) atoms. The van der Waals surface area contributed by atoms with E-state index in [-0.39, 0.29) is 30.5 Å². The molecule has 0 unspecified atom stereocenters. The second-order valence-electron chi connectivity index (χ2n) is 5.06. The van der Waals surface area contributed by atoms with Gasteiger partial charge in [-0.2, -0.15) is 0 Å². The summed E-state index contributed by atoms with van der Waals surface area (Å²) in [5, 5.41) is 14.5. The van der Waals surface area contributed by atoms with Gasteiger partial charge in [0.15, 0.2) is 5.13 Å². The standard InChI is InChI=1S/C16H13N3O3S3/c20-11-3-1-2-10(8-11)9-12-14(22)19(16(23)25-12)6-4-13(21)18-15-17-5-7-24-15/h1-3,5,7-9,20H,4,6H2,(H,17,18,21)/b12-9-. The topological polar surface area (TPSA) is 82.5 Å². The number of hydrogen-bond acceptors (Lipinski definition) is 7. The Morgan fingerprint density at radius 3 is 3.00 bits per heavy atom. The molecule has 1 saturated heterocycles. The van der Waals surface area contributed by atoms with Gasteiger partial charge in [0.1, 0.15) is 10.1 Å². The van der Waals surface area contributed by atoms with Crippen LogP contribution in [0.5, 0.6) is 5.75 Å². The van der Waals surface area contributed by atoms with Gasteiger partial charge in [-0.1, -0.05) is 36.1 Å². The minimum Gasteiger partial charge on any atom is -0.508 e. The number of aromatic nitrogens is 1. The lowest BCUT2D eigenvalue weighted by Crippen LogP contribution is -2.31. The Morgan fingerprint density at radius 2 is 2.28 bits per heavy atom. The lowest BCUT2D eigenvalue weighted by atomic mass is 10.2. The summed E-state index contributed by atoms with van der Waals surface area (Å²) in [5.74, 6) is -0.329. The molecule has 9 heteroatoms. The molecule has 3 rings (SSSR count). The predicted octanol–water partition coefficient (Wildman–Crippen LogP) is 3.08. The van der Waals surface area contributed by atoms with Crippen molar-refractivity contribution in [2.45, 2.75) is 6.42 Å². The molecule has 0 saturated carbocycles. The second kappa shape index (κ2) is 7.77. The van der Waals surface area contributed by atoms with Crippen LogP contribution in [0.2, 0.25) is 0 Å². The zero-order chi connectivity index (χ0) is 17.8. The zero-order valence-corrected chi connectivity index (χ0v) is 15.3. The van der Waals surface area contributed by atoms with E-state index >= 15 is 0 Å². The van der Waals surface area contributed by atoms with Crippen LogP contribution >= 0.6 is 35.3 Å². The highest BCUT2D eigenvalue weighted by atomic mass is 32.2. The number of nitrogens with one attached hydrogen (secondary N) is 1. The summed E-state index contributed by atoms with van der Waals surface area (Å²) in [5.41, 5.74) is 0.710. The van der Waals surface area contributed by atoms with Crippen LogP contribution in [-0.2, 0) is 9.59 Å². The number of carbonyl (C=O) groups excluding carboxylic acids is 2. The molecule has 2 N–H and O–H groups in total. The Balaban J connectivity index is 1.62. The van der Waals surface area contributed by atoms with E-state index in [1.807, 2.05) is 0 Å². The lowest BCUT2D eigenvalue weighted by Gasteiger charge is -2.13. The Kier molecular flexibility index (Phi) is 5.47. The number of thiazole rings is 1. The summed E-state index contributed by atoms with van der Waals surface area (Å²) in [7, 11) is 0. The van der Waals surface area contributed by atoms with Crippen molar-refractivity contribution in [1.82, 2.24) is 9.88 Å². The van der Waals surface area contributed by atoms with Gasteiger partial charge in [0.25, 0.3) is 5.91 Å². The van der Waals surface area contributed by atoms with Crippen LogP contribution in [0.4, 0.5) is 5.13 Å². The van der Waals surface area contributed by atoms with E-state index in [4.69, 9.17) is 12.2 Å². The van der Waals surface area contributed by atoms with Crippen molar-refractivity contribution >= 4 is 62.7 Å². The molecule has 1 aliphatic heterocycles. The van der Waals surface area contributed by atoms with Crippen LogP contribution in [0.15, 0.2) is 40.7 Å². The maximum Gasteiger partial charge on any atom is 0.266 e. The molecule has 1 aliphatic rings. The SMILES string of the molecule is O=C(CCN1C(=O)/C(=C/c2cccc(O)c2)SC1=S)Nc1nccs1. The molecule has 2 aromatic rings. The van der Waals surface area contributed by atoms with Gasteiger partial charge in [-0.15, -0.1) is 11.3 Å². The van der Waals surface area contributed by atoms with Crippen molar-refractivity contribution in [2.75, 3.05) is 11.9 Å². The number of carbonyl (C=O) groups is 2. The number of nitrogens with zero attached hydrogens (tertiary/aromatic N) is 2. The number of benzene rings is 1. The van der Waals surface area contributed by atoms with Gasteiger partial charge in [0, 0.05) is 24.5 Å². The fraction of sp³-hybridized carbons (Fsp3) is 0.125. The molecule has 0 atom stereocenters. The molecule has 1 fully saturated rings. The van der Waals surface area contributed by atoms with Gasteiger partial charge in [-0.25, -0.2) is 4.98 Å². The number of phenols is 1. The third-order valence-electron chi connectivity index (χ3n) is 3.28. The number of thioether (sulfide) groups is 1. The molecule has 0 aliphatic carbocycles. The van der Waals surface area contributed by atoms with Gasteiger partial charge < -0.3 is 10.4 Å². The monoisotopic (exact) mass is 391 g/mol. The van der Waals surface area contributed by atoms with Gasteiger partial charge in [0.05, 0.1) is 4.91 Å². The fourth-order valence-corrected chi connectivity index (χ4v) is 3.99. The molecule has 1 aromatic carbocycles. The van der Waals surface area contributed by atoms with Crippen LogP contribution in [-0.4, -0.2) is 37.7 Å². The highest BCUT2D eigenvalue weighted by Crippen LogP contribution is 2.33. The minimum atomic E-state index is -0.236. The molecule has 2 heterocycles. The minimum absolute atomic E-state index is 0.128. The van der Waals surface area contributed by atoms with E-state index in [1.54, 1.807) is 41.9 Å². The largest absolute Gasteiger partial charge is 0.508 e. The van der Waals surface area contributed by atoms with Crippen molar-refractivity contribution in [3.8, 4) is 5.75 Å². The van der Waals surface area contributed by atoms with E-state index in [1.165, 1.54) is 28.0 Å². The lowest BCUT2D eigenvalue weighted by molar-refractivity contribution is -0.122. The number of thiocarbonyl (C=S) groups is 1. The van der Waals surface area contributed by atoms with E-state index in [2.05, 4.69) is 10.3 Å². The van der Waals surface area contributed by atoms with Crippen molar-refractivity contribution in [1.29, 1.82) is 0 Å². The number of anilines is 1. The summed E-state index contributed by atoms with van der Waals surface area (Å²) >= 11 is 7.76. The van der Waals surface area contributed by atoms with Gasteiger partial charge >= 0.3 is 0 Å². The van der Waals surface area contributed by atoms with E-state index in [0.717, 1.165) is 0 Å². The van der Waals surface area contributed by atoms with Crippen molar-refractivity contribution < 1.29 is 14.7 Å². The third kappa shape index (κ3) is 4.44. The van der Waals surface area contributed by atoms with E-state index in [0.29, 0.717) is 19.9 Å². The van der Waals surface area contributed by atoms with E-state index in [9.17, 15) is 14.7 Å². The van der Waals surface area contributed by atoms with Crippen molar-refractivity contribution in [2.24, 2.45) is 0 Å². The highest BCUT2D eigenvalue weighted by molar-refractivity contribution is 8.26. The molecule has 0 spiro atoms. The van der Waals surface area contributed by atoms with Crippen molar-refractivity contribution in [3.05, 3.63) is 46.3 Å². The van der Waals surface area contributed by atoms with Crippen LogP contribution in [0.25, 0.3) is 6.08 Å². The number of rotatable bonds is 5. The number of aromatic hydroxyl groups is 1. The van der Waals surface area contributed by atoms with Crippen LogP contribution in [0.1, 0.15) is 12.0 Å². The van der Waals surface area contributed by atoms with Crippen LogP contribution < -0.4 is 5.32 Å². The highest BCUT2D eigenvalue weighted by Gasteiger charge is 2.32.